The van der Waals surface area contributed by atoms with E-state index in [1.54, 1.807) is 41.8 Å². The average Bonchev–Trinajstić information content (AvgIpc) is 3.32. The Hall–Kier alpha value is -2.15. The minimum atomic E-state index is 0. The van der Waals surface area contributed by atoms with Gasteiger partial charge >= 0.3 is 0 Å². The van der Waals surface area contributed by atoms with Crippen molar-refractivity contribution in [1.29, 1.82) is 0 Å². The Kier molecular flexibility index (Phi) is 13.0. The number of Topliss-reactive ketones (excluding diaryl/α,β-unsaturated/α-hetero) is 1. The molecule has 0 radical (unpaired) electrons. The molecule has 2 aliphatic rings. The van der Waals surface area contributed by atoms with E-state index >= 15 is 0 Å². The van der Waals surface area contributed by atoms with Crippen molar-refractivity contribution in [1.82, 2.24) is 0 Å². The smallest absolute Gasteiger partial charge is 0.159 e. The van der Waals surface area contributed by atoms with Crippen LogP contribution >= 0.6 is 0 Å². The Labute approximate surface area is 237 Å². The van der Waals surface area contributed by atoms with Crippen molar-refractivity contribution in [3.05, 3.63) is 76.9 Å². The molecule has 2 aliphatic carbocycles. The van der Waals surface area contributed by atoms with Gasteiger partial charge in [0.2, 0.25) is 0 Å². The van der Waals surface area contributed by atoms with E-state index in [-0.39, 0.29) is 7.21 Å². The zero-order valence-electron chi connectivity index (χ0n) is 25.9. The number of rotatable bonds is 6. The molecule has 0 amide bonds. The zero-order chi connectivity index (χ0) is 28.3. The highest BCUT2D eigenvalue weighted by Gasteiger charge is 2.20. The van der Waals surface area contributed by atoms with Gasteiger partial charge in [-0.05, 0) is 90.4 Å². The van der Waals surface area contributed by atoms with Crippen molar-refractivity contribution in [2.45, 2.75) is 119 Å². The first-order valence-corrected chi connectivity index (χ1v) is 15.3. The van der Waals surface area contributed by atoms with Crippen LogP contribution in [-0.4, -0.2) is 5.78 Å². The molecule has 2 aromatic carbocycles. The van der Waals surface area contributed by atoms with Crippen LogP contribution in [-0.2, 0) is 12.8 Å². The lowest BCUT2D eigenvalue weighted by Gasteiger charge is -2.24. The van der Waals surface area contributed by atoms with E-state index in [0.29, 0.717) is 11.3 Å². The number of hydrogen-bond acceptors (Lipinski definition) is 1. The van der Waals surface area contributed by atoms with Crippen LogP contribution in [0.1, 0.15) is 140 Å². The lowest BCUT2D eigenvalue weighted by Crippen LogP contribution is -2.12. The minimum Gasteiger partial charge on any atom is -0.295 e. The molecule has 0 bridgehead atoms. The van der Waals surface area contributed by atoms with Gasteiger partial charge in [0.15, 0.2) is 5.78 Å². The summed E-state index contributed by atoms with van der Waals surface area (Å²) in [6.07, 6.45) is 14.2. The molecular weight excluding hydrogens is 460 g/mol. The highest BCUT2D eigenvalue weighted by atomic mass is 16.1. The highest BCUT2D eigenvalue weighted by molar-refractivity contribution is 5.94. The molecule has 0 saturated heterocycles. The van der Waals surface area contributed by atoms with Crippen LogP contribution in [0.5, 0.6) is 0 Å². The second kappa shape index (κ2) is 15.4. The number of carbonyl (C=O) groups is 1. The van der Waals surface area contributed by atoms with Crippen LogP contribution in [0.15, 0.2) is 49.0 Å². The number of carbonyl (C=O) groups excluding carboxylic acids is 1. The monoisotopic (exact) mass is 518 g/mol. The summed E-state index contributed by atoms with van der Waals surface area (Å²) in [7, 11) is 0. The standard InChI is InChI=1S/C19H30.C10H10O.C8H16.H2/c1-14-6-7-18-13-16(8-9-17(18)12-14)15(2)10-11-19(3,4)5;1-3-9-4-6-10(7-5-9)8(2)11;1-3-8-6-4-5-7(8)2;/h8-9,13-15H,6-7,10-12H2,1-5H3;3-7H,1H2,2H3;7-8H,3-6H2,1-2H3;1H/t14-,15+;;7?,8-;/m0.1./s1. The predicted molar refractivity (Wildman–Crippen MR) is 170 cm³/mol. The van der Waals surface area contributed by atoms with Gasteiger partial charge < -0.3 is 0 Å². The average molecular weight is 519 g/mol. The van der Waals surface area contributed by atoms with Crippen molar-refractivity contribution < 1.29 is 6.22 Å². The maximum atomic E-state index is 10.8. The van der Waals surface area contributed by atoms with E-state index in [1.165, 1.54) is 57.8 Å². The fourth-order valence-electron chi connectivity index (χ4n) is 5.76. The Morgan fingerprint density at radius 3 is 2.24 bits per heavy atom. The third-order valence-electron chi connectivity index (χ3n) is 8.72. The van der Waals surface area contributed by atoms with E-state index in [1.807, 2.05) is 12.1 Å². The first kappa shape index (κ1) is 32.1. The maximum Gasteiger partial charge on any atom is 0.159 e. The number of fused-ring (bicyclic) bond motifs is 1. The van der Waals surface area contributed by atoms with Gasteiger partial charge in [0.1, 0.15) is 0 Å². The summed E-state index contributed by atoms with van der Waals surface area (Å²) in [5.74, 6) is 3.76. The lowest BCUT2D eigenvalue weighted by molar-refractivity contribution is 0.101. The van der Waals surface area contributed by atoms with Gasteiger partial charge in [-0.2, -0.15) is 0 Å². The summed E-state index contributed by atoms with van der Waals surface area (Å²) < 4.78 is 0. The maximum absolute atomic E-state index is 10.8. The molecule has 2 aromatic rings. The number of benzene rings is 2. The van der Waals surface area contributed by atoms with Gasteiger partial charge in [0, 0.05) is 6.99 Å². The molecular formula is C37H58O. The largest absolute Gasteiger partial charge is 0.295 e. The van der Waals surface area contributed by atoms with Gasteiger partial charge in [0.05, 0.1) is 0 Å². The van der Waals surface area contributed by atoms with Crippen molar-refractivity contribution in [3.63, 3.8) is 0 Å². The van der Waals surface area contributed by atoms with E-state index < -0.39 is 0 Å². The highest BCUT2D eigenvalue weighted by Crippen LogP contribution is 2.33. The molecule has 4 rings (SSSR count). The summed E-state index contributed by atoms with van der Waals surface area (Å²) in [6, 6.07) is 14.6. The number of ketones is 1. The summed E-state index contributed by atoms with van der Waals surface area (Å²) in [5, 5.41) is 0. The van der Waals surface area contributed by atoms with E-state index in [4.69, 9.17) is 0 Å². The van der Waals surface area contributed by atoms with Gasteiger partial charge in [-0.3, -0.25) is 4.79 Å². The summed E-state index contributed by atoms with van der Waals surface area (Å²) in [5.41, 5.74) is 7.02. The summed E-state index contributed by atoms with van der Waals surface area (Å²) in [4.78, 5) is 10.8. The molecule has 1 saturated carbocycles. The molecule has 1 fully saturated rings. The van der Waals surface area contributed by atoms with E-state index in [2.05, 4.69) is 73.2 Å². The molecule has 0 N–H and O–H groups in total. The van der Waals surface area contributed by atoms with Crippen molar-refractivity contribution in [2.75, 3.05) is 0 Å². The molecule has 0 aliphatic heterocycles. The molecule has 4 atom stereocenters. The second-order valence-corrected chi connectivity index (χ2v) is 13.3. The first-order chi connectivity index (χ1) is 17.9. The second-order valence-electron chi connectivity index (χ2n) is 13.3. The quantitative estimate of drug-likeness (QED) is 0.347. The summed E-state index contributed by atoms with van der Waals surface area (Å²) in [6.45, 7) is 21.7. The van der Waals surface area contributed by atoms with Crippen molar-refractivity contribution in [2.24, 2.45) is 23.2 Å². The topological polar surface area (TPSA) is 17.1 Å². The van der Waals surface area contributed by atoms with Gasteiger partial charge in [-0.25, -0.2) is 0 Å². The number of hydrogen-bond donors (Lipinski definition) is 0. The van der Waals surface area contributed by atoms with Crippen LogP contribution in [0.25, 0.3) is 6.08 Å². The minimum absolute atomic E-state index is 0. The molecule has 212 valence electrons. The van der Waals surface area contributed by atoms with Crippen molar-refractivity contribution >= 4 is 11.9 Å². The molecule has 0 heterocycles. The fraction of sp³-hybridized carbons (Fsp3) is 0.595. The summed E-state index contributed by atoms with van der Waals surface area (Å²) >= 11 is 0. The third-order valence-corrected chi connectivity index (χ3v) is 8.72. The third kappa shape index (κ3) is 10.9. The molecule has 0 spiro atoms. The normalized spacial score (nSPS) is 21.2. The van der Waals surface area contributed by atoms with E-state index in [9.17, 15) is 4.79 Å². The molecule has 1 nitrogen and oxygen atoms in total. The fourth-order valence-corrected chi connectivity index (χ4v) is 5.76. The Balaban J connectivity index is 0.000000322. The Morgan fingerprint density at radius 1 is 1.05 bits per heavy atom. The van der Waals surface area contributed by atoms with Crippen molar-refractivity contribution in [3.8, 4) is 0 Å². The SMILES string of the molecule is C=Cc1ccc(C(C)=O)cc1.CC[C@@H]1CCCC1C.C[C@H]1CCc2cc([C@H](C)CCC(C)(C)C)ccc2C1.[HH]. The van der Waals surface area contributed by atoms with Crippen LogP contribution < -0.4 is 0 Å². The zero-order valence-corrected chi connectivity index (χ0v) is 25.9. The lowest BCUT2D eigenvalue weighted by atomic mass is 9.81. The molecule has 0 aromatic heterocycles. The van der Waals surface area contributed by atoms with Crippen LogP contribution in [0, 0.1) is 23.2 Å². The Bertz CT molecular complexity index is 997. The van der Waals surface area contributed by atoms with E-state index in [0.717, 1.165) is 28.9 Å². The van der Waals surface area contributed by atoms with Crippen LogP contribution in [0.3, 0.4) is 0 Å². The predicted octanol–water partition coefficient (Wildman–Crippen LogP) is 11.4. The van der Waals surface area contributed by atoms with Gasteiger partial charge in [-0.1, -0.05) is 129 Å². The molecule has 1 unspecified atom stereocenters. The number of aryl methyl sites for hydroxylation is 1. The Morgan fingerprint density at radius 2 is 1.74 bits per heavy atom. The first-order valence-electron chi connectivity index (χ1n) is 15.3. The van der Waals surface area contributed by atoms with Gasteiger partial charge in [0.25, 0.3) is 0 Å². The van der Waals surface area contributed by atoms with Gasteiger partial charge in [-0.15, -0.1) is 0 Å². The molecule has 1 heteroatoms. The molecule has 38 heavy (non-hydrogen) atoms. The van der Waals surface area contributed by atoms with Crippen LogP contribution in [0.2, 0.25) is 0 Å². The van der Waals surface area contributed by atoms with Crippen LogP contribution in [0.4, 0.5) is 0 Å².